The molecule has 1 heterocycles. The van der Waals surface area contributed by atoms with E-state index in [1.54, 1.807) is 12.1 Å². The normalized spacial score (nSPS) is 20.1. The third-order valence-corrected chi connectivity index (χ3v) is 5.66. The Morgan fingerprint density at radius 1 is 1.07 bits per heavy atom. The SMILES string of the molecule is CCNC(=NCc1ccc(O)cc1)NC1CCN(C2CCCCC2)CC1.I. The molecule has 152 valence electrons. The van der Waals surface area contributed by atoms with Gasteiger partial charge in [0.05, 0.1) is 6.54 Å². The number of halogens is 1. The Balaban J connectivity index is 0.00000261. The topological polar surface area (TPSA) is 59.9 Å². The molecule has 0 amide bonds. The summed E-state index contributed by atoms with van der Waals surface area (Å²) in [7, 11) is 0. The maximum absolute atomic E-state index is 9.39. The molecule has 1 saturated heterocycles. The number of aliphatic imine (C=N–C) groups is 1. The van der Waals surface area contributed by atoms with Crippen LogP contribution in [0.5, 0.6) is 5.75 Å². The van der Waals surface area contributed by atoms with Gasteiger partial charge in [-0.15, -0.1) is 24.0 Å². The first-order chi connectivity index (χ1) is 12.7. The molecule has 1 aliphatic carbocycles. The largest absolute Gasteiger partial charge is 0.508 e. The number of rotatable bonds is 5. The highest BCUT2D eigenvalue weighted by atomic mass is 127. The van der Waals surface area contributed by atoms with Gasteiger partial charge in [0, 0.05) is 31.7 Å². The van der Waals surface area contributed by atoms with Gasteiger partial charge in [0.1, 0.15) is 5.75 Å². The van der Waals surface area contributed by atoms with E-state index in [0.717, 1.165) is 24.1 Å². The third kappa shape index (κ3) is 7.14. The molecule has 1 saturated carbocycles. The van der Waals surface area contributed by atoms with Crippen molar-refractivity contribution in [3.8, 4) is 5.75 Å². The molecule has 0 aromatic heterocycles. The zero-order chi connectivity index (χ0) is 18.2. The average Bonchev–Trinajstić information content (AvgIpc) is 2.69. The van der Waals surface area contributed by atoms with Crippen molar-refractivity contribution in [3.63, 3.8) is 0 Å². The fraction of sp³-hybridized carbons (Fsp3) is 0.667. The number of nitrogens with one attached hydrogen (secondary N) is 2. The van der Waals surface area contributed by atoms with Gasteiger partial charge in [-0.2, -0.15) is 0 Å². The van der Waals surface area contributed by atoms with E-state index < -0.39 is 0 Å². The van der Waals surface area contributed by atoms with Crippen LogP contribution in [0.15, 0.2) is 29.3 Å². The van der Waals surface area contributed by atoms with E-state index in [0.29, 0.717) is 18.3 Å². The summed E-state index contributed by atoms with van der Waals surface area (Å²) >= 11 is 0. The first-order valence-electron chi connectivity index (χ1n) is 10.3. The molecule has 27 heavy (non-hydrogen) atoms. The maximum Gasteiger partial charge on any atom is 0.191 e. The Labute approximate surface area is 181 Å². The average molecular weight is 486 g/mol. The van der Waals surface area contributed by atoms with Gasteiger partial charge in [-0.3, -0.25) is 0 Å². The lowest BCUT2D eigenvalue weighted by Crippen LogP contribution is -2.50. The molecular formula is C21H35IN4O. The molecule has 1 aromatic carbocycles. The number of phenolic OH excluding ortho intramolecular Hbond substituents is 1. The standard InChI is InChI=1S/C21H34N4O.HI/c1-2-22-21(23-16-17-8-10-20(26)11-9-17)24-18-12-14-25(15-13-18)19-6-4-3-5-7-19;/h8-11,18-19,26H,2-7,12-16H2,1H3,(H2,22,23,24);1H. The molecule has 5 nitrogen and oxygen atoms in total. The summed E-state index contributed by atoms with van der Waals surface area (Å²) < 4.78 is 0. The molecule has 0 atom stereocenters. The Kier molecular flexibility index (Phi) is 9.68. The Morgan fingerprint density at radius 3 is 2.37 bits per heavy atom. The lowest BCUT2D eigenvalue weighted by atomic mass is 9.92. The van der Waals surface area contributed by atoms with Crippen LogP contribution in [0.3, 0.4) is 0 Å². The van der Waals surface area contributed by atoms with E-state index in [9.17, 15) is 5.11 Å². The molecule has 6 heteroatoms. The highest BCUT2D eigenvalue weighted by Gasteiger charge is 2.26. The second kappa shape index (κ2) is 11.7. The van der Waals surface area contributed by atoms with Crippen molar-refractivity contribution in [2.24, 2.45) is 4.99 Å². The van der Waals surface area contributed by atoms with Crippen LogP contribution in [0.2, 0.25) is 0 Å². The molecule has 2 aliphatic rings. The highest BCUT2D eigenvalue weighted by Crippen LogP contribution is 2.25. The summed E-state index contributed by atoms with van der Waals surface area (Å²) in [5.41, 5.74) is 1.10. The van der Waals surface area contributed by atoms with Crippen molar-refractivity contribution < 1.29 is 5.11 Å². The fourth-order valence-corrected chi connectivity index (χ4v) is 4.14. The van der Waals surface area contributed by atoms with Gasteiger partial charge in [-0.25, -0.2) is 4.99 Å². The summed E-state index contributed by atoms with van der Waals surface area (Å²) in [5.74, 6) is 1.20. The van der Waals surface area contributed by atoms with E-state index in [1.807, 2.05) is 12.1 Å². The number of aromatic hydroxyl groups is 1. The Morgan fingerprint density at radius 2 is 1.74 bits per heavy atom. The Bertz CT molecular complexity index is 564. The van der Waals surface area contributed by atoms with Crippen LogP contribution in [0.4, 0.5) is 0 Å². The van der Waals surface area contributed by atoms with Crippen molar-refractivity contribution in [2.75, 3.05) is 19.6 Å². The smallest absolute Gasteiger partial charge is 0.191 e. The van der Waals surface area contributed by atoms with Crippen LogP contribution in [0.25, 0.3) is 0 Å². The molecule has 3 rings (SSSR count). The summed E-state index contributed by atoms with van der Waals surface area (Å²) in [6.45, 7) is 6.00. The zero-order valence-corrected chi connectivity index (χ0v) is 18.8. The number of phenols is 1. The van der Waals surface area contributed by atoms with Gasteiger partial charge in [0.15, 0.2) is 5.96 Å². The van der Waals surface area contributed by atoms with E-state index in [2.05, 4.69) is 22.5 Å². The summed E-state index contributed by atoms with van der Waals surface area (Å²) in [5, 5.41) is 16.4. The first-order valence-corrected chi connectivity index (χ1v) is 10.3. The lowest BCUT2D eigenvalue weighted by molar-refractivity contribution is 0.119. The predicted molar refractivity (Wildman–Crippen MR) is 123 cm³/mol. The van der Waals surface area contributed by atoms with Crippen LogP contribution < -0.4 is 10.6 Å². The number of likely N-dealkylation sites (tertiary alicyclic amines) is 1. The number of nitrogens with zero attached hydrogens (tertiary/aromatic N) is 2. The monoisotopic (exact) mass is 486 g/mol. The quantitative estimate of drug-likeness (QED) is 0.336. The van der Waals surface area contributed by atoms with Gasteiger partial charge in [0.25, 0.3) is 0 Å². The van der Waals surface area contributed by atoms with Gasteiger partial charge in [-0.05, 0) is 50.3 Å². The molecule has 0 unspecified atom stereocenters. The maximum atomic E-state index is 9.39. The minimum absolute atomic E-state index is 0. The molecule has 0 radical (unpaired) electrons. The molecule has 3 N–H and O–H groups in total. The molecule has 1 aromatic rings. The van der Waals surface area contributed by atoms with Gasteiger partial charge in [0.2, 0.25) is 0 Å². The number of hydrogen-bond acceptors (Lipinski definition) is 3. The molecule has 0 spiro atoms. The molecule has 0 bridgehead atoms. The van der Waals surface area contributed by atoms with Crippen LogP contribution in [0.1, 0.15) is 57.4 Å². The van der Waals surface area contributed by atoms with Crippen LogP contribution >= 0.6 is 24.0 Å². The zero-order valence-electron chi connectivity index (χ0n) is 16.5. The van der Waals surface area contributed by atoms with E-state index in [4.69, 9.17) is 4.99 Å². The lowest BCUT2D eigenvalue weighted by Gasteiger charge is -2.39. The molecule has 1 aliphatic heterocycles. The van der Waals surface area contributed by atoms with E-state index in [-0.39, 0.29) is 24.0 Å². The number of guanidine groups is 1. The summed E-state index contributed by atoms with van der Waals surface area (Å²) in [6, 6.07) is 8.61. The van der Waals surface area contributed by atoms with Crippen molar-refractivity contribution in [1.29, 1.82) is 0 Å². The third-order valence-electron chi connectivity index (χ3n) is 5.66. The van der Waals surface area contributed by atoms with Crippen LogP contribution in [-0.4, -0.2) is 47.7 Å². The van der Waals surface area contributed by atoms with Gasteiger partial charge < -0.3 is 20.6 Å². The number of benzene rings is 1. The van der Waals surface area contributed by atoms with Crippen molar-refractivity contribution in [1.82, 2.24) is 15.5 Å². The second-order valence-corrected chi connectivity index (χ2v) is 7.61. The molecular weight excluding hydrogens is 451 g/mol. The number of piperidine rings is 1. The van der Waals surface area contributed by atoms with Crippen LogP contribution in [-0.2, 0) is 6.54 Å². The van der Waals surface area contributed by atoms with Crippen molar-refractivity contribution in [3.05, 3.63) is 29.8 Å². The van der Waals surface area contributed by atoms with Crippen molar-refractivity contribution in [2.45, 2.75) is 70.5 Å². The first kappa shape index (κ1) is 22.3. The van der Waals surface area contributed by atoms with Crippen molar-refractivity contribution >= 4 is 29.9 Å². The highest BCUT2D eigenvalue weighted by molar-refractivity contribution is 14.0. The van der Waals surface area contributed by atoms with E-state index in [1.165, 1.54) is 58.0 Å². The minimum Gasteiger partial charge on any atom is -0.508 e. The summed E-state index contributed by atoms with van der Waals surface area (Å²) in [4.78, 5) is 7.44. The van der Waals surface area contributed by atoms with Gasteiger partial charge in [-0.1, -0.05) is 31.4 Å². The predicted octanol–water partition coefficient (Wildman–Crippen LogP) is 3.86. The number of hydrogen-bond donors (Lipinski definition) is 3. The minimum atomic E-state index is 0. The van der Waals surface area contributed by atoms with Crippen LogP contribution in [0, 0.1) is 0 Å². The Hall–Kier alpha value is -1.02. The second-order valence-electron chi connectivity index (χ2n) is 7.61. The van der Waals surface area contributed by atoms with Gasteiger partial charge >= 0.3 is 0 Å². The molecule has 2 fully saturated rings. The summed E-state index contributed by atoms with van der Waals surface area (Å²) in [6.07, 6.45) is 9.44. The van der Waals surface area contributed by atoms with E-state index >= 15 is 0 Å². The fourth-order valence-electron chi connectivity index (χ4n) is 4.14.